The number of hydrogen-bond donors (Lipinski definition) is 0. The number of carbonyl (C=O) groups excluding carboxylic acids is 2. The van der Waals surface area contributed by atoms with Crippen molar-refractivity contribution >= 4 is 34.9 Å². The van der Waals surface area contributed by atoms with Gasteiger partial charge in [-0.1, -0.05) is 31.5 Å². The Morgan fingerprint density at radius 1 is 1.13 bits per heavy atom. The van der Waals surface area contributed by atoms with Crippen LogP contribution >= 0.6 is 11.6 Å². The average Bonchev–Trinajstić information content (AvgIpc) is 3.14. The second kappa shape index (κ2) is 8.83. The van der Waals surface area contributed by atoms with Crippen molar-refractivity contribution in [2.75, 3.05) is 42.5 Å². The van der Waals surface area contributed by atoms with Gasteiger partial charge in [0.1, 0.15) is 11.6 Å². The van der Waals surface area contributed by atoms with Gasteiger partial charge < -0.3 is 14.7 Å². The summed E-state index contributed by atoms with van der Waals surface area (Å²) in [6, 6.07) is 9.21. The molecule has 0 aliphatic carbocycles. The van der Waals surface area contributed by atoms with Gasteiger partial charge in [0, 0.05) is 67.5 Å². The summed E-state index contributed by atoms with van der Waals surface area (Å²) in [6.45, 7) is 9.26. The normalized spacial score (nSPS) is 19.5. The molecule has 1 atom stereocenters. The third-order valence-corrected chi connectivity index (χ3v) is 6.12. The summed E-state index contributed by atoms with van der Waals surface area (Å²) in [5.41, 5.74) is 1.70. The Labute approximate surface area is 188 Å². The van der Waals surface area contributed by atoms with Crippen LogP contribution in [0.25, 0.3) is 0 Å². The third kappa shape index (κ3) is 4.66. The number of piperazine rings is 1. The van der Waals surface area contributed by atoms with Gasteiger partial charge >= 0.3 is 0 Å². The number of carbonyl (C=O) groups is 2. The Balaban J connectivity index is 1.38. The van der Waals surface area contributed by atoms with Gasteiger partial charge in [-0.3, -0.25) is 9.59 Å². The third-order valence-electron chi connectivity index (χ3n) is 5.88. The van der Waals surface area contributed by atoms with E-state index in [9.17, 15) is 9.59 Å². The molecule has 7 nitrogen and oxygen atoms in total. The molecular weight excluding hydrogens is 414 g/mol. The number of benzene rings is 1. The van der Waals surface area contributed by atoms with Crippen LogP contribution in [-0.4, -0.2) is 59.4 Å². The molecular formula is C23H28ClN5O2. The van der Waals surface area contributed by atoms with E-state index in [0.717, 1.165) is 36.1 Å². The van der Waals surface area contributed by atoms with Crippen molar-refractivity contribution < 1.29 is 9.59 Å². The van der Waals surface area contributed by atoms with Gasteiger partial charge in [0.2, 0.25) is 11.8 Å². The van der Waals surface area contributed by atoms with Crippen molar-refractivity contribution in [1.82, 2.24) is 14.9 Å². The minimum absolute atomic E-state index is 0.0306. The second-order valence-corrected chi connectivity index (χ2v) is 9.01. The molecule has 164 valence electrons. The van der Waals surface area contributed by atoms with Crippen LogP contribution in [-0.2, 0) is 9.59 Å². The Bertz CT molecular complexity index is 988. The molecule has 31 heavy (non-hydrogen) atoms. The van der Waals surface area contributed by atoms with E-state index >= 15 is 0 Å². The van der Waals surface area contributed by atoms with E-state index in [1.165, 1.54) is 0 Å². The quantitative estimate of drug-likeness (QED) is 0.728. The lowest BCUT2D eigenvalue weighted by Crippen LogP contribution is -2.51. The standard InChI is InChI=1S/C23H28ClN5O2/c1-15(2)22-25-16(3)11-20(26-22)27-7-9-28(10-8-27)23(31)17-12-21(30)29(14-17)19-6-4-5-18(24)13-19/h4-6,11,13,15,17H,7-10,12,14H2,1-3H3/t17-/m1/s1. The number of aromatic nitrogens is 2. The van der Waals surface area contributed by atoms with E-state index in [1.807, 2.05) is 30.0 Å². The molecule has 0 saturated carbocycles. The molecule has 0 radical (unpaired) electrons. The van der Waals surface area contributed by atoms with Gasteiger partial charge in [-0.2, -0.15) is 0 Å². The monoisotopic (exact) mass is 441 g/mol. The first-order valence-electron chi connectivity index (χ1n) is 10.8. The molecule has 2 amide bonds. The summed E-state index contributed by atoms with van der Waals surface area (Å²) in [6.07, 6.45) is 0.244. The number of aryl methyl sites for hydroxylation is 1. The van der Waals surface area contributed by atoms with Gasteiger partial charge in [-0.25, -0.2) is 9.97 Å². The molecule has 4 rings (SSSR count). The highest BCUT2D eigenvalue weighted by Gasteiger charge is 2.38. The molecule has 2 aromatic rings. The topological polar surface area (TPSA) is 69.6 Å². The summed E-state index contributed by atoms with van der Waals surface area (Å²) in [7, 11) is 0. The van der Waals surface area contributed by atoms with Crippen LogP contribution in [0.1, 0.15) is 37.7 Å². The van der Waals surface area contributed by atoms with Crippen molar-refractivity contribution in [3.8, 4) is 0 Å². The zero-order chi connectivity index (χ0) is 22.1. The van der Waals surface area contributed by atoms with Crippen LogP contribution in [0.3, 0.4) is 0 Å². The summed E-state index contributed by atoms with van der Waals surface area (Å²) >= 11 is 6.07. The van der Waals surface area contributed by atoms with Gasteiger partial charge in [-0.05, 0) is 25.1 Å². The molecule has 2 fully saturated rings. The van der Waals surface area contributed by atoms with Gasteiger partial charge in [-0.15, -0.1) is 0 Å². The molecule has 0 unspecified atom stereocenters. The van der Waals surface area contributed by atoms with E-state index in [1.54, 1.807) is 17.0 Å². The van der Waals surface area contributed by atoms with Crippen molar-refractivity contribution in [2.45, 2.75) is 33.1 Å². The fourth-order valence-corrected chi connectivity index (χ4v) is 4.36. The van der Waals surface area contributed by atoms with Crippen molar-refractivity contribution in [1.29, 1.82) is 0 Å². The lowest BCUT2D eigenvalue weighted by Gasteiger charge is -2.36. The van der Waals surface area contributed by atoms with Crippen LogP contribution in [0.5, 0.6) is 0 Å². The SMILES string of the molecule is Cc1cc(N2CCN(C(=O)[C@@H]3CC(=O)N(c4cccc(Cl)c4)C3)CC2)nc(C(C)C)n1. The number of rotatable bonds is 4. The van der Waals surface area contributed by atoms with E-state index < -0.39 is 0 Å². The highest BCUT2D eigenvalue weighted by molar-refractivity contribution is 6.31. The van der Waals surface area contributed by atoms with Crippen LogP contribution in [0, 0.1) is 12.8 Å². The first-order valence-corrected chi connectivity index (χ1v) is 11.1. The Morgan fingerprint density at radius 3 is 2.55 bits per heavy atom. The molecule has 2 saturated heterocycles. The largest absolute Gasteiger partial charge is 0.353 e. The summed E-state index contributed by atoms with van der Waals surface area (Å²) in [4.78, 5) is 40.6. The van der Waals surface area contributed by atoms with Crippen molar-refractivity contribution in [2.24, 2.45) is 5.92 Å². The predicted molar refractivity (Wildman–Crippen MR) is 122 cm³/mol. The van der Waals surface area contributed by atoms with Gasteiger partial charge in [0.05, 0.1) is 5.92 Å². The maximum absolute atomic E-state index is 13.1. The number of anilines is 2. The Kier molecular flexibility index (Phi) is 6.14. The Morgan fingerprint density at radius 2 is 1.87 bits per heavy atom. The fraction of sp³-hybridized carbons (Fsp3) is 0.478. The first kappa shape index (κ1) is 21.6. The smallest absolute Gasteiger partial charge is 0.228 e. The highest BCUT2D eigenvalue weighted by Crippen LogP contribution is 2.28. The van der Waals surface area contributed by atoms with Crippen molar-refractivity contribution in [3.63, 3.8) is 0 Å². The average molecular weight is 442 g/mol. The molecule has 2 aliphatic rings. The van der Waals surface area contributed by atoms with Crippen LogP contribution < -0.4 is 9.80 Å². The second-order valence-electron chi connectivity index (χ2n) is 8.58. The van der Waals surface area contributed by atoms with Gasteiger partial charge in [0.25, 0.3) is 0 Å². The summed E-state index contributed by atoms with van der Waals surface area (Å²) in [5.74, 6) is 1.75. The maximum Gasteiger partial charge on any atom is 0.228 e. The van der Waals surface area contributed by atoms with Crippen molar-refractivity contribution in [3.05, 3.63) is 46.9 Å². The molecule has 1 aromatic heterocycles. The molecule has 2 aliphatic heterocycles. The van der Waals surface area contributed by atoms with Crippen LogP contribution in [0.4, 0.5) is 11.5 Å². The highest BCUT2D eigenvalue weighted by atomic mass is 35.5. The molecule has 3 heterocycles. The van der Waals surface area contributed by atoms with E-state index in [0.29, 0.717) is 24.7 Å². The van der Waals surface area contributed by atoms with E-state index in [-0.39, 0.29) is 30.1 Å². The number of halogens is 1. The molecule has 1 aromatic carbocycles. The molecule has 0 spiro atoms. The molecule has 8 heteroatoms. The number of amides is 2. The summed E-state index contributed by atoms with van der Waals surface area (Å²) in [5, 5.41) is 0.580. The van der Waals surface area contributed by atoms with Crippen LogP contribution in [0.2, 0.25) is 5.02 Å². The number of hydrogen-bond acceptors (Lipinski definition) is 5. The fourth-order valence-electron chi connectivity index (χ4n) is 4.18. The molecule has 0 bridgehead atoms. The minimum Gasteiger partial charge on any atom is -0.353 e. The molecule has 0 N–H and O–H groups in total. The minimum atomic E-state index is -0.313. The predicted octanol–water partition coefficient (Wildman–Crippen LogP) is 3.26. The van der Waals surface area contributed by atoms with E-state index in [2.05, 4.69) is 23.7 Å². The zero-order valence-corrected chi connectivity index (χ0v) is 19.0. The maximum atomic E-state index is 13.1. The lowest BCUT2D eigenvalue weighted by atomic mass is 10.1. The zero-order valence-electron chi connectivity index (χ0n) is 18.2. The summed E-state index contributed by atoms with van der Waals surface area (Å²) < 4.78 is 0. The Hall–Kier alpha value is -2.67. The number of nitrogens with zero attached hydrogens (tertiary/aromatic N) is 5. The first-order chi connectivity index (χ1) is 14.8. The van der Waals surface area contributed by atoms with Gasteiger partial charge in [0.15, 0.2) is 0 Å². The van der Waals surface area contributed by atoms with E-state index in [4.69, 9.17) is 16.6 Å². The lowest BCUT2D eigenvalue weighted by molar-refractivity contribution is -0.136. The van der Waals surface area contributed by atoms with Crippen LogP contribution in [0.15, 0.2) is 30.3 Å².